The Kier molecular flexibility index (Phi) is 3.05. The van der Waals surface area contributed by atoms with E-state index in [1.54, 1.807) is 0 Å². The van der Waals surface area contributed by atoms with Gasteiger partial charge in [-0.15, -0.1) is 0 Å². The van der Waals surface area contributed by atoms with Crippen LogP contribution >= 0.6 is 0 Å². The van der Waals surface area contributed by atoms with Crippen molar-refractivity contribution in [1.29, 1.82) is 0 Å². The van der Waals surface area contributed by atoms with Crippen LogP contribution in [-0.2, 0) is 0 Å². The van der Waals surface area contributed by atoms with Gasteiger partial charge in [-0.25, -0.2) is 17.6 Å². The van der Waals surface area contributed by atoms with E-state index in [9.17, 15) is 22.0 Å². The molecule has 2 rings (SSSR count). The van der Waals surface area contributed by atoms with Gasteiger partial charge in [-0.05, 0) is 18.2 Å². The van der Waals surface area contributed by atoms with Crippen molar-refractivity contribution in [2.75, 3.05) is 0 Å². The zero-order valence-electron chi connectivity index (χ0n) is 9.02. The Labute approximate surface area is 103 Å². The Morgan fingerprint density at radius 3 is 1.84 bits per heavy atom. The maximum absolute atomic E-state index is 13.5. The Morgan fingerprint density at radius 1 is 0.632 bits per heavy atom. The topological polar surface area (TPSA) is 40.5 Å². The van der Waals surface area contributed by atoms with Crippen LogP contribution in [-0.4, -0.2) is 10.2 Å². The van der Waals surface area contributed by atoms with Crippen molar-refractivity contribution in [2.45, 2.75) is 0 Å². The number of hydrogen-bond donors (Lipinski definition) is 2. The van der Waals surface area contributed by atoms with Crippen LogP contribution in [0.1, 0.15) is 0 Å². The normalized spacial score (nSPS) is 10.8. The standard InChI is InChI=1S/C12H5F5O2/c13-6-2-1-4(9(16)11(6)18)5-3-7(14)12(19)10(17)8(5)15/h1-3,18-19H. The lowest BCUT2D eigenvalue weighted by atomic mass is 10.0. The van der Waals surface area contributed by atoms with Crippen molar-refractivity contribution in [3.63, 3.8) is 0 Å². The summed E-state index contributed by atoms with van der Waals surface area (Å²) >= 11 is 0. The summed E-state index contributed by atoms with van der Waals surface area (Å²) in [6.07, 6.45) is 0. The van der Waals surface area contributed by atoms with E-state index in [-0.39, 0.29) is 0 Å². The van der Waals surface area contributed by atoms with Gasteiger partial charge in [0.25, 0.3) is 0 Å². The highest BCUT2D eigenvalue weighted by Gasteiger charge is 2.23. The first kappa shape index (κ1) is 13.1. The molecule has 0 radical (unpaired) electrons. The van der Waals surface area contributed by atoms with Crippen LogP contribution in [0.4, 0.5) is 22.0 Å². The second-order valence-corrected chi connectivity index (χ2v) is 3.64. The van der Waals surface area contributed by atoms with Crippen molar-refractivity contribution in [3.05, 3.63) is 47.3 Å². The zero-order chi connectivity index (χ0) is 14.3. The third-order valence-corrected chi connectivity index (χ3v) is 2.49. The number of aromatic hydroxyl groups is 2. The fourth-order valence-corrected chi connectivity index (χ4v) is 1.53. The zero-order valence-corrected chi connectivity index (χ0v) is 9.02. The first-order chi connectivity index (χ1) is 8.84. The molecule has 19 heavy (non-hydrogen) atoms. The van der Waals surface area contributed by atoms with E-state index >= 15 is 0 Å². The summed E-state index contributed by atoms with van der Waals surface area (Å²) in [5, 5.41) is 17.9. The maximum atomic E-state index is 13.5. The molecule has 0 aliphatic carbocycles. The van der Waals surface area contributed by atoms with E-state index in [1.807, 2.05) is 0 Å². The molecule has 0 saturated heterocycles. The van der Waals surface area contributed by atoms with Gasteiger partial charge in [0, 0.05) is 11.1 Å². The van der Waals surface area contributed by atoms with Crippen LogP contribution in [0.2, 0.25) is 0 Å². The molecule has 0 saturated carbocycles. The smallest absolute Gasteiger partial charge is 0.204 e. The van der Waals surface area contributed by atoms with Crippen LogP contribution in [0.15, 0.2) is 18.2 Å². The lowest BCUT2D eigenvalue weighted by Crippen LogP contribution is -1.96. The third kappa shape index (κ3) is 1.96. The third-order valence-electron chi connectivity index (χ3n) is 2.49. The van der Waals surface area contributed by atoms with Crippen molar-refractivity contribution in [2.24, 2.45) is 0 Å². The van der Waals surface area contributed by atoms with Gasteiger partial charge in [0.15, 0.2) is 34.8 Å². The molecule has 2 N–H and O–H groups in total. The fourth-order valence-electron chi connectivity index (χ4n) is 1.53. The van der Waals surface area contributed by atoms with E-state index in [2.05, 4.69) is 0 Å². The molecule has 0 unspecified atom stereocenters. The van der Waals surface area contributed by atoms with E-state index < -0.39 is 51.7 Å². The second kappa shape index (κ2) is 4.42. The fraction of sp³-hybridized carbons (Fsp3) is 0. The molecule has 0 amide bonds. The molecule has 0 spiro atoms. The summed E-state index contributed by atoms with van der Waals surface area (Å²) in [6.45, 7) is 0. The van der Waals surface area contributed by atoms with Gasteiger partial charge in [0.1, 0.15) is 0 Å². The van der Waals surface area contributed by atoms with E-state index in [0.29, 0.717) is 18.2 Å². The van der Waals surface area contributed by atoms with Crippen LogP contribution in [0, 0.1) is 29.1 Å². The minimum Gasteiger partial charge on any atom is -0.503 e. The number of benzene rings is 2. The SMILES string of the molecule is Oc1c(F)ccc(-c2cc(F)c(O)c(F)c2F)c1F. The molecule has 2 aromatic carbocycles. The highest BCUT2D eigenvalue weighted by atomic mass is 19.2. The first-order valence-corrected chi connectivity index (χ1v) is 4.88. The number of hydrogen-bond acceptors (Lipinski definition) is 2. The quantitative estimate of drug-likeness (QED) is 0.618. The molecule has 7 heteroatoms. The number of rotatable bonds is 1. The van der Waals surface area contributed by atoms with Gasteiger partial charge in [-0.2, -0.15) is 4.39 Å². The first-order valence-electron chi connectivity index (χ1n) is 4.88. The predicted molar refractivity (Wildman–Crippen MR) is 55.0 cm³/mol. The molecule has 0 fully saturated rings. The molecule has 0 heterocycles. The molecule has 100 valence electrons. The Bertz CT molecular complexity index is 670. The van der Waals surface area contributed by atoms with E-state index in [4.69, 9.17) is 10.2 Å². The average Bonchev–Trinajstić information content (AvgIpc) is 2.39. The molecule has 2 nitrogen and oxygen atoms in total. The Hall–Kier alpha value is -2.31. The molecule has 0 aliphatic rings. The van der Waals surface area contributed by atoms with Crippen molar-refractivity contribution in [1.82, 2.24) is 0 Å². The van der Waals surface area contributed by atoms with Gasteiger partial charge in [0.05, 0.1) is 0 Å². The minimum atomic E-state index is -1.90. The Balaban J connectivity index is 2.77. The van der Waals surface area contributed by atoms with Crippen LogP contribution < -0.4 is 0 Å². The summed E-state index contributed by atoms with van der Waals surface area (Å²) in [4.78, 5) is 0. The Morgan fingerprint density at radius 2 is 1.21 bits per heavy atom. The number of phenolic OH excluding ortho intramolecular Hbond substituents is 2. The van der Waals surface area contributed by atoms with Crippen LogP contribution in [0.5, 0.6) is 11.5 Å². The van der Waals surface area contributed by atoms with Crippen molar-refractivity contribution >= 4 is 0 Å². The summed E-state index contributed by atoms with van der Waals surface area (Å²) in [5.41, 5.74) is -1.63. The average molecular weight is 276 g/mol. The predicted octanol–water partition coefficient (Wildman–Crippen LogP) is 3.46. The lowest BCUT2D eigenvalue weighted by molar-refractivity contribution is 0.376. The van der Waals surface area contributed by atoms with Crippen molar-refractivity contribution < 1.29 is 32.2 Å². The molecular weight excluding hydrogens is 271 g/mol. The molecular formula is C12H5F5O2. The summed E-state index contributed by atoms with van der Waals surface area (Å²) in [7, 11) is 0. The van der Waals surface area contributed by atoms with Gasteiger partial charge < -0.3 is 10.2 Å². The van der Waals surface area contributed by atoms with Crippen molar-refractivity contribution in [3.8, 4) is 22.6 Å². The van der Waals surface area contributed by atoms with Gasteiger partial charge in [-0.1, -0.05) is 0 Å². The van der Waals surface area contributed by atoms with Crippen LogP contribution in [0.25, 0.3) is 11.1 Å². The highest BCUT2D eigenvalue weighted by Crippen LogP contribution is 2.36. The molecule has 0 aromatic heterocycles. The monoisotopic (exact) mass is 276 g/mol. The molecule has 2 aromatic rings. The summed E-state index contributed by atoms with van der Waals surface area (Å²) in [6, 6.07) is 1.65. The summed E-state index contributed by atoms with van der Waals surface area (Å²) in [5.74, 6) is -11.0. The number of halogens is 5. The van der Waals surface area contributed by atoms with Gasteiger partial charge in [-0.3, -0.25) is 0 Å². The van der Waals surface area contributed by atoms with Gasteiger partial charge >= 0.3 is 0 Å². The highest BCUT2D eigenvalue weighted by molar-refractivity contribution is 5.68. The molecule has 0 atom stereocenters. The summed E-state index contributed by atoms with van der Waals surface area (Å²) < 4.78 is 66.1. The van der Waals surface area contributed by atoms with E-state index in [0.717, 1.165) is 0 Å². The van der Waals surface area contributed by atoms with E-state index in [1.165, 1.54) is 0 Å². The number of phenols is 2. The second-order valence-electron chi connectivity index (χ2n) is 3.64. The molecule has 0 bridgehead atoms. The maximum Gasteiger partial charge on any atom is 0.204 e. The minimum absolute atomic E-state index is 0.337. The lowest BCUT2D eigenvalue weighted by Gasteiger charge is -2.09. The van der Waals surface area contributed by atoms with Crippen LogP contribution in [0.3, 0.4) is 0 Å². The molecule has 0 aliphatic heterocycles. The largest absolute Gasteiger partial charge is 0.503 e. The van der Waals surface area contributed by atoms with Gasteiger partial charge in [0.2, 0.25) is 5.82 Å².